The predicted octanol–water partition coefficient (Wildman–Crippen LogP) is 4.17. The summed E-state index contributed by atoms with van der Waals surface area (Å²) in [6.07, 6.45) is 1.06. The van der Waals surface area contributed by atoms with Gasteiger partial charge in [0.15, 0.2) is 0 Å². The van der Waals surface area contributed by atoms with Gasteiger partial charge in [0.2, 0.25) is 0 Å². The van der Waals surface area contributed by atoms with Crippen LogP contribution in [-0.4, -0.2) is 18.7 Å². The largest absolute Gasteiger partial charge is 0.489 e. The smallest absolute Gasteiger partial charge is 0.337 e. The van der Waals surface area contributed by atoms with Crippen molar-refractivity contribution >= 4 is 11.7 Å². The highest BCUT2D eigenvalue weighted by molar-refractivity contribution is 5.97. The molecule has 0 saturated heterocycles. The summed E-state index contributed by atoms with van der Waals surface area (Å²) >= 11 is 0. The monoisotopic (exact) mass is 347 g/mol. The summed E-state index contributed by atoms with van der Waals surface area (Å²) in [5.41, 5.74) is 4.34. The second kappa shape index (κ2) is 7.88. The van der Waals surface area contributed by atoms with E-state index in [1.807, 2.05) is 43.3 Å². The molecular weight excluding hydrogens is 326 g/mol. The van der Waals surface area contributed by atoms with Gasteiger partial charge in [0.25, 0.3) is 0 Å². The van der Waals surface area contributed by atoms with Gasteiger partial charge in [-0.1, -0.05) is 42.0 Å². The number of aryl methyl sites for hydroxylation is 1. The first-order chi connectivity index (χ1) is 12.6. The Morgan fingerprint density at radius 1 is 1.19 bits per heavy atom. The molecule has 4 nitrogen and oxygen atoms in total. The van der Waals surface area contributed by atoms with Crippen LogP contribution in [0.25, 0.3) is 5.76 Å². The predicted molar refractivity (Wildman–Crippen MR) is 99.1 cm³/mol. The number of esters is 1. The maximum absolute atomic E-state index is 12.4. The molecule has 0 aromatic heterocycles. The van der Waals surface area contributed by atoms with Gasteiger partial charge in [0.05, 0.1) is 23.8 Å². The molecule has 3 rings (SSSR count). The summed E-state index contributed by atoms with van der Waals surface area (Å²) < 4.78 is 11.4. The molecule has 26 heavy (non-hydrogen) atoms. The average Bonchev–Trinajstić information content (AvgIpc) is 3.07. The first-order valence-corrected chi connectivity index (χ1v) is 8.73. The van der Waals surface area contributed by atoms with Gasteiger partial charge in [-0.3, -0.25) is 0 Å². The fourth-order valence-corrected chi connectivity index (χ4v) is 3.03. The molecule has 4 heteroatoms. The molecule has 1 aliphatic heterocycles. The summed E-state index contributed by atoms with van der Waals surface area (Å²) in [6, 6.07) is 17.5. The summed E-state index contributed by atoms with van der Waals surface area (Å²) in [6.45, 7) is 4.16. The third-order valence-corrected chi connectivity index (χ3v) is 4.37. The van der Waals surface area contributed by atoms with E-state index in [0.29, 0.717) is 36.3 Å². The zero-order chi connectivity index (χ0) is 18.5. The van der Waals surface area contributed by atoms with E-state index in [1.54, 1.807) is 19.1 Å². The molecule has 132 valence electrons. The second-order valence-electron chi connectivity index (χ2n) is 6.35. The molecule has 2 aromatic rings. The Labute approximate surface area is 153 Å². The van der Waals surface area contributed by atoms with Crippen molar-refractivity contribution in [2.24, 2.45) is 0 Å². The Balaban J connectivity index is 1.81. The van der Waals surface area contributed by atoms with E-state index in [0.717, 1.165) is 16.7 Å². The Hall–Kier alpha value is -3.06. The van der Waals surface area contributed by atoms with Crippen LogP contribution in [0.3, 0.4) is 0 Å². The minimum atomic E-state index is -0.314. The SMILES string of the molecule is CCOC(=O)C1=C(c2ccc(C)cc2)OC(Cc2ccc(C#N)cc2)C1. The van der Waals surface area contributed by atoms with Gasteiger partial charge in [0, 0.05) is 18.4 Å². The molecule has 0 fully saturated rings. The van der Waals surface area contributed by atoms with Gasteiger partial charge < -0.3 is 9.47 Å². The Morgan fingerprint density at radius 2 is 1.88 bits per heavy atom. The van der Waals surface area contributed by atoms with E-state index in [2.05, 4.69) is 6.07 Å². The normalized spacial score (nSPS) is 16.1. The van der Waals surface area contributed by atoms with Gasteiger partial charge in [-0.25, -0.2) is 4.79 Å². The molecule has 0 bridgehead atoms. The third kappa shape index (κ3) is 3.94. The third-order valence-electron chi connectivity index (χ3n) is 4.37. The van der Waals surface area contributed by atoms with Crippen molar-refractivity contribution in [2.45, 2.75) is 32.8 Å². The summed E-state index contributed by atoms with van der Waals surface area (Å²) in [5, 5.41) is 8.91. The number of hydrogen-bond donors (Lipinski definition) is 0. The van der Waals surface area contributed by atoms with E-state index >= 15 is 0 Å². The fraction of sp³-hybridized carbons (Fsp3) is 0.273. The first kappa shape index (κ1) is 17.8. The Morgan fingerprint density at radius 3 is 2.50 bits per heavy atom. The molecule has 0 aliphatic carbocycles. The number of rotatable bonds is 5. The number of nitriles is 1. The standard InChI is InChI=1S/C22H21NO3/c1-3-25-22(24)20-13-19(12-16-6-8-17(14-23)9-7-16)26-21(20)18-10-4-15(2)5-11-18/h4-11,19H,3,12-13H2,1-2H3. The molecule has 0 spiro atoms. The second-order valence-corrected chi connectivity index (χ2v) is 6.35. The first-order valence-electron chi connectivity index (χ1n) is 8.73. The molecular formula is C22H21NO3. The molecule has 1 atom stereocenters. The van der Waals surface area contributed by atoms with Crippen molar-refractivity contribution in [2.75, 3.05) is 6.61 Å². The van der Waals surface area contributed by atoms with Crippen LogP contribution < -0.4 is 0 Å². The van der Waals surface area contributed by atoms with E-state index < -0.39 is 0 Å². The number of ether oxygens (including phenoxy) is 2. The van der Waals surface area contributed by atoms with E-state index in [-0.39, 0.29) is 12.1 Å². The van der Waals surface area contributed by atoms with Crippen molar-refractivity contribution in [3.63, 3.8) is 0 Å². The van der Waals surface area contributed by atoms with Crippen molar-refractivity contribution in [3.05, 3.63) is 76.4 Å². The van der Waals surface area contributed by atoms with Crippen molar-refractivity contribution in [3.8, 4) is 6.07 Å². The number of hydrogen-bond acceptors (Lipinski definition) is 4. The number of carbonyl (C=O) groups excluding carboxylic acids is 1. The fourth-order valence-electron chi connectivity index (χ4n) is 3.03. The van der Waals surface area contributed by atoms with Gasteiger partial charge in [0.1, 0.15) is 11.9 Å². The van der Waals surface area contributed by atoms with Crippen LogP contribution in [0, 0.1) is 18.3 Å². The van der Waals surface area contributed by atoms with Gasteiger partial charge >= 0.3 is 5.97 Å². The Kier molecular flexibility index (Phi) is 5.38. The van der Waals surface area contributed by atoms with Crippen LogP contribution in [-0.2, 0) is 20.7 Å². The lowest BCUT2D eigenvalue weighted by Crippen LogP contribution is -2.12. The van der Waals surface area contributed by atoms with E-state index in [4.69, 9.17) is 14.7 Å². The lowest BCUT2D eigenvalue weighted by molar-refractivity contribution is -0.138. The maximum atomic E-state index is 12.4. The van der Waals surface area contributed by atoms with E-state index in [9.17, 15) is 4.79 Å². The van der Waals surface area contributed by atoms with Crippen molar-refractivity contribution in [1.29, 1.82) is 5.26 Å². The summed E-state index contributed by atoms with van der Waals surface area (Å²) in [4.78, 5) is 12.4. The topological polar surface area (TPSA) is 59.3 Å². The molecule has 2 aromatic carbocycles. The molecule has 0 saturated carbocycles. The van der Waals surface area contributed by atoms with Crippen molar-refractivity contribution < 1.29 is 14.3 Å². The van der Waals surface area contributed by atoms with Gasteiger partial charge in [-0.2, -0.15) is 5.26 Å². The summed E-state index contributed by atoms with van der Waals surface area (Å²) in [5.74, 6) is 0.299. The maximum Gasteiger partial charge on any atom is 0.337 e. The highest BCUT2D eigenvalue weighted by atomic mass is 16.5. The average molecular weight is 347 g/mol. The molecule has 0 radical (unpaired) electrons. The minimum Gasteiger partial charge on any atom is -0.489 e. The zero-order valence-corrected chi connectivity index (χ0v) is 15.0. The number of benzene rings is 2. The number of carbonyl (C=O) groups is 1. The lowest BCUT2D eigenvalue weighted by Gasteiger charge is -2.13. The molecule has 1 aliphatic rings. The summed E-state index contributed by atoms with van der Waals surface area (Å²) in [7, 11) is 0. The van der Waals surface area contributed by atoms with Crippen LogP contribution >= 0.6 is 0 Å². The van der Waals surface area contributed by atoms with Crippen LogP contribution in [0.5, 0.6) is 0 Å². The molecule has 1 unspecified atom stereocenters. The highest BCUT2D eigenvalue weighted by Gasteiger charge is 2.32. The van der Waals surface area contributed by atoms with Crippen LogP contribution in [0.4, 0.5) is 0 Å². The van der Waals surface area contributed by atoms with E-state index in [1.165, 1.54) is 0 Å². The minimum absolute atomic E-state index is 0.126. The van der Waals surface area contributed by atoms with Crippen LogP contribution in [0.2, 0.25) is 0 Å². The lowest BCUT2D eigenvalue weighted by atomic mass is 10.0. The van der Waals surface area contributed by atoms with Gasteiger partial charge in [-0.05, 0) is 31.5 Å². The van der Waals surface area contributed by atoms with Crippen LogP contribution in [0.15, 0.2) is 54.1 Å². The van der Waals surface area contributed by atoms with Crippen molar-refractivity contribution in [1.82, 2.24) is 0 Å². The molecule has 1 heterocycles. The highest BCUT2D eigenvalue weighted by Crippen LogP contribution is 2.35. The quantitative estimate of drug-likeness (QED) is 0.762. The molecule has 0 amide bonds. The molecule has 0 N–H and O–H groups in total. The zero-order valence-electron chi connectivity index (χ0n) is 15.0. The van der Waals surface area contributed by atoms with Gasteiger partial charge in [-0.15, -0.1) is 0 Å². The Bertz CT molecular complexity index is 858. The van der Waals surface area contributed by atoms with Crippen LogP contribution in [0.1, 0.15) is 35.6 Å². The number of nitrogens with zero attached hydrogens (tertiary/aromatic N) is 1.